The normalized spacial score (nSPS) is 11.8. The SMILES string of the molecule is Cc1ccccc1C(NC(=O)c1ccccc1Cl)c1ccccc1. The summed E-state index contributed by atoms with van der Waals surface area (Å²) in [7, 11) is 0. The smallest absolute Gasteiger partial charge is 0.253 e. The van der Waals surface area contributed by atoms with E-state index in [2.05, 4.69) is 5.32 Å². The highest BCUT2D eigenvalue weighted by Crippen LogP contribution is 2.26. The molecule has 3 aromatic rings. The van der Waals surface area contributed by atoms with Crippen molar-refractivity contribution in [1.82, 2.24) is 5.32 Å². The quantitative estimate of drug-likeness (QED) is 0.700. The van der Waals surface area contributed by atoms with Crippen LogP contribution in [0.3, 0.4) is 0 Å². The van der Waals surface area contributed by atoms with Crippen LogP contribution in [0.4, 0.5) is 0 Å². The molecule has 1 atom stereocenters. The monoisotopic (exact) mass is 335 g/mol. The second-order valence-corrected chi connectivity index (χ2v) is 6.06. The van der Waals surface area contributed by atoms with Crippen molar-refractivity contribution in [3.8, 4) is 0 Å². The fraction of sp³-hybridized carbons (Fsp3) is 0.0952. The summed E-state index contributed by atoms with van der Waals surface area (Å²) in [5.41, 5.74) is 3.72. The van der Waals surface area contributed by atoms with Crippen LogP contribution in [-0.4, -0.2) is 5.91 Å². The second-order valence-electron chi connectivity index (χ2n) is 5.65. The molecule has 3 rings (SSSR count). The molecule has 1 amide bonds. The van der Waals surface area contributed by atoms with Gasteiger partial charge in [-0.25, -0.2) is 0 Å². The first kappa shape index (κ1) is 16.3. The van der Waals surface area contributed by atoms with Crippen molar-refractivity contribution in [2.24, 2.45) is 0 Å². The summed E-state index contributed by atoms with van der Waals surface area (Å²) in [6.45, 7) is 2.05. The zero-order valence-electron chi connectivity index (χ0n) is 13.4. The van der Waals surface area contributed by atoms with E-state index in [4.69, 9.17) is 11.6 Å². The van der Waals surface area contributed by atoms with E-state index < -0.39 is 0 Å². The van der Waals surface area contributed by atoms with Crippen molar-refractivity contribution in [1.29, 1.82) is 0 Å². The van der Waals surface area contributed by atoms with Crippen LogP contribution in [0.25, 0.3) is 0 Å². The van der Waals surface area contributed by atoms with Crippen LogP contribution in [0.5, 0.6) is 0 Å². The molecular formula is C21H18ClNO. The van der Waals surface area contributed by atoms with E-state index in [-0.39, 0.29) is 11.9 Å². The van der Waals surface area contributed by atoms with Crippen molar-refractivity contribution in [3.63, 3.8) is 0 Å². The Balaban J connectivity index is 1.99. The van der Waals surface area contributed by atoms with Crippen LogP contribution < -0.4 is 5.32 Å². The molecule has 24 heavy (non-hydrogen) atoms. The topological polar surface area (TPSA) is 29.1 Å². The predicted molar refractivity (Wildman–Crippen MR) is 98.4 cm³/mol. The molecule has 0 bridgehead atoms. The van der Waals surface area contributed by atoms with Crippen LogP contribution >= 0.6 is 11.6 Å². The van der Waals surface area contributed by atoms with Gasteiger partial charge in [0.2, 0.25) is 0 Å². The van der Waals surface area contributed by atoms with Gasteiger partial charge in [-0.2, -0.15) is 0 Å². The second kappa shape index (κ2) is 7.33. The molecular weight excluding hydrogens is 318 g/mol. The lowest BCUT2D eigenvalue weighted by Gasteiger charge is -2.22. The van der Waals surface area contributed by atoms with E-state index >= 15 is 0 Å². The standard InChI is InChI=1S/C21H18ClNO/c1-15-9-5-6-12-17(15)20(16-10-3-2-4-11-16)23-21(24)18-13-7-8-14-19(18)22/h2-14,20H,1H3,(H,23,24). The molecule has 0 aliphatic rings. The van der Waals surface area contributed by atoms with Gasteiger partial charge in [-0.05, 0) is 35.7 Å². The fourth-order valence-electron chi connectivity index (χ4n) is 2.75. The first-order valence-electron chi connectivity index (χ1n) is 7.82. The number of benzene rings is 3. The number of carbonyl (C=O) groups excluding carboxylic acids is 1. The van der Waals surface area contributed by atoms with Gasteiger partial charge in [0.1, 0.15) is 0 Å². The molecule has 0 radical (unpaired) electrons. The maximum absolute atomic E-state index is 12.7. The number of aryl methyl sites for hydroxylation is 1. The Labute approximate surface area is 147 Å². The van der Waals surface area contributed by atoms with Crippen LogP contribution in [0.2, 0.25) is 5.02 Å². The number of halogens is 1. The Hall–Kier alpha value is -2.58. The van der Waals surface area contributed by atoms with Crippen molar-refractivity contribution >= 4 is 17.5 Å². The van der Waals surface area contributed by atoms with Crippen molar-refractivity contribution in [2.75, 3.05) is 0 Å². The molecule has 0 saturated heterocycles. The molecule has 1 N–H and O–H groups in total. The number of rotatable bonds is 4. The molecule has 0 aliphatic carbocycles. The van der Waals surface area contributed by atoms with Crippen molar-refractivity contribution in [3.05, 3.63) is 106 Å². The van der Waals surface area contributed by atoms with E-state index in [0.29, 0.717) is 10.6 Å². The van der Waals surface area contributed by atoms with Crippen molar-refractivity contribution < 1.29 is 4.79 Å². The summed E-state index contributed by atoms with van der Waals surface area (Å²) in [5, 5.41) is 3.57. The van der Waals surface area contributed by atoms with Gasteiger partial charge in [0.25, 0.3) is 5.91 Å². The molecule has 0 fully saturated rings. The van der Waals surface area contributed by atoms with Crippen molar-refractivity contribution in [2.45, 2.75) is 13.0 Å². The molecule has 0 aliphatic heterocycles. The van der Waals surface area contributed by atoms with Crippen LogP contribution in [0, 0.1) is 6.92 Å². The lowest BCUT2D eigenvalue weighted by molar-refractivity contribution is 0.0943. The van der Waals surface area contributed by atoms with Gasteiger partial charge < -0.3 is 5.32 Å². The zero-order chi connectivity index (χ0) is 16.9. The van der Waals surface area contributed by atoms with E-state index in [1.54, 1.807) is 12.1 Å². The number of nitrogens with one attached hydrogen (secondary N) is 1. The highest BCUT2D eigenvalue weighted by atomic mass is 35.5. The van der Waals surface area contributed by atoms with Gasteiger partial charge in [-0.1, -0.05) is 78.3 Å². The summed E-state index contributed by atoms with van der Waals surface area (Å²) in [4.78, 5) is 12.7. The summed E-state index contributed by atoms with van der Waals surface area (Å²) in [6.07, 6.45) is 0. The lowest BCUT2D eigenvalue weighted by Crippen LogP contribution is -2.30. The minimum atomic E-state index is -0.226. The van der Waals surface area contributed by atoms with Gasteiger partial charge in [-0.15, -0.1) is 0 Å². The van der Waals surface area contributed by atoms with Gasteiger partial charge in [-0.3, -0.25) is 4.79 Å². The average molecular weight is 336 g/mol. The summed E-state index contributed by atoms with van der Waals surface area (Å²) in [5.74, 6) is -0.183. The fourth-order valence-corrected chi connectivity index (χ4v) is 2.97. The zero-order valence-corrected chi connectivity index (χ0v) is 14.1. The van der Waals surface area contributed by atoms with E-state index in [1.807, 2.05) is 73.7 Å². The summed E-state index contributed by atoms with van der Waals surface area (Å²) < 4.78 is 0. The maximum atomic E-state index is 12.7. The molecule has 0 saturated carbocycles. The lowest BCUT2D eigenvalue weighted by atomic mass is 9.94. The summed E-state index contributed by atoms with van der Waals surface area (Å²) >= 11 is 6.17. The Kier molecular flexibility index (Phi) is 4.97. The average Bonchev–Trinajstić information content (AvgIpc) is 2.61. The van der Waals surface area contributed by atoms with Gasteiger partial charge in [0, 0.05) is 0 Å². The van der Waals surface area contributed by atoms with Gasteiger partial charge >= 0.3 is 0 Å². The Bertz CT molecular complexity index is 845. The highest BCUT2D eigenvalue weighted by molar-refractivity contribution is 6.33. The molecule has 3 aromatic carbocycles. The summed E-state index contributed by atoms with van der Waals surface area (Å²) in [6, 6.07) is 24.9. The number of hydrogen-bond acceptors (Lipinski definition) is 1. The van der Waals surface area contributed by atoms with Gasteiger partial charge in [0.05, 0.1) is 16.6 Å². The van der Waals surface area contributed by atoms with E-state index in [0.717, 1.165) is 16.7 Å². The predicted octanol–water partition coefficient (Wildman–Crippen LogP) is 5.17. The maximum Gasteiger partial charge on any atom is 0.253 e. The largest absolute Gasteiger partial charge is 0.341 e. The number of hydrogen-bond donors (Lipinski definition) is 1. The third-order valence-corrected chi connectivity index (χ3v) is 4.36. The number of carbonyl (C=O) groups is 1. The third-order valence-electron chi connectivity index (χ3n) is 4.03. The van der Waals surface area contributed by atoms with Crippen LogP contribution in [-0.2, 0) is 0 Å². The Morgan fingerprint density at radius 3 is 2.21 bits per heavy atom. The minimum Gasteiger partial charge on any atom is -0.341 e. The molecule has 1 unspecified atom stereocenters. The molecule has 2 nitrogen and oxygen atoms in total. The molecule has 3 heteroatoms. The van der Waals surface area contributed by atoms with Gasteiger partial charge in [0.15, 0.2) is 0 Å². The Morgan fingerprint density at radius 1 is 0.875 bits per heavy atom. The minimum absolute atomic E-state index is 0.183. The number of amides is 1. The molecule has 0 heterocycles. The van der Waals surface area contributed by atoms with E-state index in [9.17, 15) is 4.79 Å². The molecule has 120 valence electrons. The first-order chi connectivity index (χ1) is 11.7. The van der Waals surface area contributed by atoms with Crippen LogP contribution in [0.1, 0.15) is 33.1 Å². The third kappa shape index (κ3) is 3.50. The molecule has 0 aromatic heterocycles. The van der Waals surface area contributed by atoms with E-state index in [1.165, 1.54) is 0 Å². The van der Waals surface area contributed by atoms with Crippen LogP contribution in [0.15, 0.2) is 78.9 Å². The highest BCUT2D eigenvalue weighted by Gasteiger charge is 2.20. The molecule has 0 spiro atoms. The Morgan fingerprint density at radius 2 is 1.50 bits per heavy atom. The first-order valence-corrected chi connectivity index (χ1v) is 8.20.